The van der Waals surface area contributed by atoms with Crippen LogP contribution in [0.15, 0.2) is 0 Å². The first kappa shape index (κ1) is 25.3. The lowest BCUT2D eigenvalue weighted by Gasteiger charge is -2.27. The van der Waals surface area contributed by atoms with E-state index in [9.17, 15) is 24.0 Å². The van der Waals surface area contributed by atoms with Gasteiger partial charge in [0.15, 0.2) is 0 Å². The minimum atomic E-state index is -1.55. The standard InChI is InChI=1S/C16H28N4O8/c1-3-8(2)13(15(26)19-10(7-21)16(27)28)20-14(25)9(4-5-12(23)24)18-11(22)6-17/h8-10,13,21H,3-7,17H2,1-2H3,(H,18,22)(H,19,26)(H,20,25)(H,23,24)(H,27,28). The third-order valence-electron chi connectivity index (χ3n) is 4.07. The van der Waals surface area contributed by atoms with Crippen molar-refractivity contribution in [2.75, 3.05) is 13.2 Å². The number of carboxylic acids is 2. The van der Waals surface area contributed by atoms with Crippen molar-refractivity contribution in [1.82, 2.24) is 16.0 Å². The third-order valence-corrected chi connectivity index (χ3v) is 4.07. The molecule has 0 spiro atoms. The van der Waals surface area contributed by atoms with Gasteiger partial charge in [0.2, 0.25) is 17.7 Å². The fraction of sp³-hybridized carbons (Fsp3) is 0.688. The van der Waals surface area contributed by atoms with Gasteiger partial charge in [-0.15, -0.1) is 0 Å². The molecule has 0 aromatic rings. The van der Waals surface area contributed by atoms with Gasteiger partial charge in [-0.1, -0.05) is 20.3 Å². The van der Waals surface area contributed by atoms with Crippen LogP contribution < -0.4 is 21.7 Å². The lowest BCUT2D eigenvalue weighted by molar-refractivity contribution is -0.143. The average Bonchev–Trinajstić information content (AvgIpc) is 2.65. The molecule has 12 heteroatoms. The van der Waals surface area contributed by atoms with Gasteiger partial charge in [0.05, 0.1) is 13.2 Å². The minimum absolute atomic E-state index is 0.226. The number of hydrogen-bond donors (Lipinski definition) is 7. The van der Waals surface area contributed by atoms with Crippen molar-refractivity contribution in [2.45, 2.75) is 51.2 Å². The summed E-state index contributed by atoms with van der Waals surface area (Å²) >= 11 is 0. The quantitative estimate of drug-likeness (QED) is 0.171. The van der Waals surface area contributed by atoms with E-state index in [2.05, 4.69) is 16.0 Å². The first-order chi connectivity index (χ1) is 13.1. The van der Waals surface area contributed by atoms with Crippen LogP contribution in [0.3, 0.4) is 0 Å². The number of rotatable bonds is 13. The average molecular weight is 404 g/mol. The number of hydrogen-bond acceptors (Lipinski definition) is 7. The molecule has 0 bridgehead atoms. The van der Waals surface area contributed by atoms with E-state index in [1.165, 1.54) is 0 Å². The van der Waals surface area contributed by atoms with Crippen LogP contribution in [-0.2, 0) is 24.0 Å². The highest BCUT2D eigenvalue weighted by atomic mass is 16.4. The van der Waals surface area contributed by atoms with Crippen molar-refractivity contribution in [3.05, 3.63) is 0 Å². The molecule has 0 saturated carbocycles. The molecule has 3 amide bonds. The lowest BCUT2D eigenvalue weighted by atomic mass is 9.97. The number of aliphatic carboxylic acids is 2. The molecule has 4 atom stereocenters. The highest BCUT2D eigenvalue weighted by Gasteiger charge is 2.32. The Labute approximate surface area is 161 Å². The minimum Gasteiger partial charge on any atom is -0.481 e. The zero-order chi connectivity index (χ0) is 21.9. The predicted octanol–water partition coefficient (Wildman–Crippen LogP) is -2.61. The fourth-order valence-corrected chi connectivity index (χ4v) is 2.19. The molecule has 0 fully saturated rings. The molecule has 0 aromatic carbocycles. The Kier molecular flexibility index (Phi) is 11.4. The van der Waals surface area contributed by atoms with Gasteiger partial charge < -0.3 is 37.0 Å². The summed E-state index contributed by atoms with van der Waals surface area (Å²) in [5.41, 5.74) is 5.19. The van der Waals surface area contributed by atoms with Crippen LogP contribution in [0.5, 0.6) is 0 Å². The Morgan fingerprint density at radius 3 is 2.00 bits per heavy atom. The molecule has 12 nitrogen and oxygen atoms in total. The molecular weight excluding hydrogens is 376 g/mol. The summed E-state index contributed by atoms with van der Waals surface area (Å²) in [7, 11) is 0. The van der Waals surface area contributed by atoms with Gasteiger partial charge in [-0.05, 0) is 12.3 Å². The Bertz CT molecular complexity index is 583. The predicted molar refractivity (Wildman–Crippen MR) is 95.9 cm³/mol. The molecule has 160 valence electrons. The molecule has 28 heavy (non-hydrogen) atoms. The summed E-state index contributed by atoms with van der Waals surface area (Å²) in [6.45, 7) is 2.14. The van der Waals surface area contributed by atoms with Crippen molar-refractivity contribution in [3.8, 4) is 0 Å². The molecule has 0 aliphatic carbocycles. The smallest absolute Gasteiger partial charge is 0.328 e. The Balaban J connectivity index is 5.35. The number of nitrogens with two attached hydrogens (primary N) is 1. The molecule has 0 radical (unpaired) electrons. The first-order valence-corrected chi connectivity index (χ1v) is 8.72. The van der Waals surface area contributed by atoms with Crippen molar-refractivity contribution in [2.24, 2.45) is 11.7 Å². The van der Waals surface area contributed by atoms with E-state index in [0.717, 1.165) is 0 Å². The van der Waals surface area contributed by atoms with E-state index >= 15 is 0 Å². The van der Waals surface area contributed by atoms with Gasteiger partial charge in [-0.2, -0.15) is 0 Å². The van der Waals surface area contributed by atoms with Gasteiger partial charge in [0.1, 0.15) is 18.1 Å². The second kappa shape index (κ2) is 12.6. The number of amides is 3. The Hall–Kier alpha value is -2.73. The van der Waals surface area contributed by atoms with Crippen molar-refractivity contribution < 1.29 is 39.3 Å². The van der Waals surface area contributed by atoms with Crippen LogP contribution in [0.25, 0.3) is 0 Å². The Morgan fingerprint density at radius 2 is 1.57 bits per heavy atom. The molecule has 0 aliphatic heterocycles. The van der Waals surface area contributed by atoms with E-state index in [1.807, 2.05) is 0 Å². The maximum absolute atomic E-state index is 12.5. The molecule has 0 aliphatic rings. The number of carboxylic acid groups (broad SMARTS) is 2. The molecule has 0 saturated heterocycles. The summed E-state index contributed by atoms with van der Waals surface area (Å²) in [6, 6.07) is -3.94. The van der Waals surface area contributed by atoms with E-state index in [-0.39, 0.29) is 6.42 Å². The van der Waals surface area contributed by atoms with Crippen LogP contribution >= 0.6 is 0 Å². The van der Waals surface area contributed by atoms with Crippen LogP contribution in [0.2, 0.25) is 0 Å². The summed E-state index contributed by atoms with van der Waals surface area (Å²) in [4.78, 5) is 58.2. The van der Waals surface area contributed by atoms with Gasteiger partial charge in [-0.3, -0.25) is 19.2 Å². The Morgan fingerprint density at radius 1 is 0.964 bits per heavy atom. The highest BCUT2D eigenvalue weighted by molar-refractivity contribution is 5.93. The summed E-state index contributed by atoms with van der Waals surface area (Å²) in [5.74, 6) is -5.35. The number of aliphatic hydroxyl groups excluding tert-OH is 1. The number of aliphatic hydroxyl groups is 1. The fourth-order valence-electron chi connectivity index (χ4n) is 2.19. The first-order valence-electron chi connectivity index (χ1n) is 8.72. The molecule has 0 aromatic heterocycles. The second-order valence-corrected chi connectivity index (χ2v) is 6.21. The normalized spacial score (nSPS) is 14.9. The van der Waals surface area contributed by atoms with E-state index in [0.29, 0.717) is 6.42 Å². The van der Waals surface area contributed by atoms with Crippen molar-refractivity contribution >= 4 is 29.7 Å². The maximum Gasteiger partial charge on any atom is 0.328 e. The molecule has 0 heterocycles. The maximum atomic E-state index is 12.5. The van der Waals surface area contributed by atoms with E-state index in [4.69, 9.17) is 21.1 Å². The summed E-state index contributed by atoms with van der Waals surface area (Å²) in [5, 5.41) is 33.6. The lowest BCUT2D eigenvalue weighted by Crippen LogP contribution is -2.58. The van der Waals surface area contributed by atoms with Gasteiger partial charge in [0.25, 0.3) is 0 Å². The molecule has 0 rings (SSSR count). The topological polar surface area (TPSA) is 208 Å². The third kappa shape index (κ3) is 8.77. The molecular formula is C16H28N4O8. The number of carbonyl (C=O) groups is 5. The second-order valence-electron chi connectivity index (χ2n) is 6.21. The van der Waals surface area contributed by atoms with Crippen molar-refractivity contribution in [3.63, 3.8) is 0 Å². The number of carbonyl (C=O) groups excluding carboxylic acids is 3. The summed E-state index contributed by atoms with van der Waals surface area (Å²) < 4.78 is 0. The SMILES string of the molecule is CCC(C)C(NC(=O)C(CCC(=O)O)NC(=O)CN)C(=O)NC(CO)C(=O)O. The van der Waals surface area contributed by atoms with E-state index < -0.39 is 73.3 Å². The zero-order valence-corrected chi connectivity index (χ0v) is 15.8. The largest absolute Gasteiger partial charge is 0.481 e. The van der Waals surface area contributed by atoms with Gasteiger partial charge in [0, 0.05) is 6.42 Å². The van der Waals surface area contributed by atoms with Crippen LogP contribution in [0.1, 0.15) is 33.1 Å². The molecule has 8 N–H and O–H groups in total. The van der Waals surface area contributed by atoms with Gasteiger partial charge >= 0.3 is 11.9 Å². The van der Waals surface area contributed by atoms with Crippen molar-refractivity contribution in [1.29, 1.82) is 0 Å². The zero-order valence-electron chi connectivity index (χ0n) is 15.8. The van der Waals surface area contributed by atoms with Crippen LogP contribution in [0.4, 0.5) is 0 Å². The monoisotopic (exact) mass is 404 g/mol. The van der Waals surface area contributed by atoms with Gasteiger partial charge in [-0.25, -0.2) is 4.79 Å². The summed E-state index contributed by atoms with van der Waals surface area (Å²) in [6.07, 6.45) is -0.185. The van der Waals surface area contributed by atoms with Crippen LogP contribution in [-0.4, -0.2) is 76.3 Å². The van der Waals surface area contributed by atoms with E-state index in [1.54, 1.807) is 13.8 Å². The molecule has 4 unspecified atom stereocenters. The number of nitrogens with one attached hydrogen (secondary N) is 3. The highest BCUT2D eigenvalue weighted by Crippen LogP contribution is 2.10. The van der Waals surface area contributed by atoms with Crippen LogP contribution in [0, 0.1) is 5.92 Å².